The average Bonchev–Trinajstić information content (AvgIpc) is 2.46. The third-order valence-corrected chi connectivity index (χ3v) is 3.62. The van der Waals surface area contributed by atoms with Crippen LogP contribution in [0.15, 0.2) is 4.99 Å². The summed E-state index contributed by atoms with van der Waals surface area (Å²) in [5, 5.41) is 0. The van der Waals surface area contributed by atoms with Crippen LogP contribution in [0.5, 0.6) is 0 Å². The van der Waals surface area contributed by atoms with Crippen molar-refractivity contribution in [3.05, 3.63) is 0 Å². The lowest BCUT2D eigenvalue weighted by atomic mass is 10.1. The van der Waals surface area contributed by atoms with Crippen LogP contribution in [0.4, 0.5) is 0 Å². The molecular weight excluding hydrogens is 365 g/mol. The molecule has 0 unspecified atom stereocenters. The third kappa shape index (κ3) is 9.80. The van der Waals surface area contributed by atoms with Gasteiger partial charge in [-0.1, -0.05) is 51.9 Å². The molecule has 0 saturated carbocycles. The second-order valence-corrected chi connectivity index (χ2v) is 5.31. The van der Waals surface area contributed by atoms with Gasteiger partial charge in [-0.3, -0.25) is 4.99 Å². The van der Waals surface area contributed by atoms with Crippen LogP contribution < -0.4 is 5.73 Å². The maximum Gasteiger partial charge on any atom is 0.191 e. The van der Waals surface area contributed by atoms with Gasteiger partial charge >= 0.3 is 0 Å². The van der Waals surface area contributed by atoms with E-state index in [1.54, 1.807) is 0 Å². The van der Waals surface area contributed by atoms with Crippen LogP contribution in [0.1, 0.15) is 58.3 Å². The average molecular weight is 397 g/mol. The minimum absolute atomic E-state index is 0. The van der Waals surface area contributed by atoms with Crippen molar-refractivity contribution in [1.82, 2.24) is 4.90 Å². The molecule has 0 aromatic heterocycles. The number of nitrogens with two attached hydrogens (primary N) is 1. The second kappa shape index (κ2) is 13.9. The lowest BCUT2D eigenvalue weighted by Crippen LogP contribution is -2.44. The topological polar surface area (TPSA) is 50.8 Å². The van der Waals surface area contributed by atoms with Crippen LogP contribution >= 0.6 is 24.0 Å². The molecule has 0 radical (unpaired) electrons. The fourth-order valence-corrected chi connectivity index (χ4v) is 2.33. The van der Waals surface area contributed by atoms with E-state index in [-0.39, 0.29) is 24.0 Å². The minimum atomic E-state index is 0. The lowest BCUT2D eigenvalue weighted by Gasteiger charge is -2.27. The first kappa shape index (κ1) is 20.0. The molecule has 0 aromatic rings. The first-order chi connectivity index (χ1) is 9.34. The Morgan fingerprint density at radius 3 is 2.15 bits per heavy atom. The van der Waals surface area contributed by atoms with Crippen LogP contribution in [0, 0.1) is 0 Å². The van der Waals surface area contributed by atoms with E-state index in [0.29, 0.717) is 5.96 Å². The Labute approximate surface area is 141 Å². The van der Waals surface area contributed by atoms with Crippen molar-refractivity contribution in [1.29, 1.82) is 0 Å². The fourth-order valence-electron chi connectivity index (χ4n) is 2.33. The SMILES string of the molecule is CCCCCCCCCCN=C(N)N1CCOCC1.I. The number of halogens is 1. The van der Waals surface area contributed by atoms with Crippen molar-refractivity contribution in [3.63, 3.8) is 0 Å². The van der Waals surface area contributed by atoms with E-state index in [1.807, 2.05) is 0 Å². The summed E-state index contributed by atoms with van der Waals surface area (Å²) < 4.78 is 5.30. The summed E-state index contributed by atoms with van der Waals surface area (Å²) in [5.74, 6) is 0.700. The van der Waals surface area contributed by atoms with Gasteiger partial charge in [-0.05, 0) is 6.42 Å². The molecule has 120 valence electrons. The molecule has 0 atom stereocenters. The Bertz CT molecular complexity index is 243. The van der Waals surface area contributed by atoms with Crippen molar-refractivity contribution < 1.29 is 4.74 Å². The Balaban J connectivity index is 0.00000361. The molecule has 1 fully saturated rings. The molecule has 5 heteroatoms. The molecule has 0 amide bonds. The van der Waals surface area contributed by atoms with Crippen molar-refractivity contribution in [2.24, 2.45) is 10.7 Å². The quantitative estimate of drug-likeness (QED) is 0.281. The van der Waals surface area contributed by atoms with Crippen LogP contribution in [-0.2, 0) is 4.74 Å². The zero-order valence-corrected chi connectivity index (χ0v) is 15.3. The van der Waals surface area contributed by atoms with Gasteiger partial charge < -0.3 is 15.4 Å². The number of hydrogen-bond acceptors (Lipinski definition) is 2. The summed E-state index contributed by atoms with van der Waals surface area (Å²) in [5.41, 5.74) is 5.96. The van der Waals surface area contributed by atoms with Crippen LogP contribution in [0.2, 0.25) is 0 Å². The number of ether oxygens (including phenoxy) is 1. The van der Waals surface area contributed by atoms with E-state index in [1.165, 1.54) is 51.4 Å². The molecule has 2 N–H and O–H groups in total. The molecule has 20 heavy (non-hydrogen) atoms. The lowest BCUT2D eigenvalue weighted by molar-refractivity contribution is 0.0674. The molecule has 0 spiro atoms. The molecule has 1 heterocycles. The standard InChI is InChI=1S/C15H31N3O.HI/c1-2-3-4-5-6-7-8-9-10-17-15(16)18-11-13-19-14-12-18;/h2-14H2,1H3,(H2,16,17);1H. The summed E-state index contributed by atoms with van der Waals surface area (Å²) in [4.78, 5) is 6.58. The van der Waals surface area contributed by atoms with Gasteiger partial charge in [0.1, 0.15) is 0 Å². The van der Waals surface area contributed by atoms with Crippen molar-refractivity contribution in [2.45, 2.75) is 58.3 Å². The monoisotopic (exact) mass is 397 g/mol. The molecule has 0 bridgehead atoms. The zero-order chi connectivity index (χ0) is 13.8. The molecule has 1 rings (SSSR count). The van der Waals surface area contributed by atoms with Gasteiger partial charge in [-0.25, -0.2) is 0 Å². The Morgan fingerprint density at radius 1 is 1.00 bits per heavy atom. The van der Waals surface area contributed by atoms with Crippen molar-refractivity contribution in [3.8, 4) is 0 Å². The number of aliphatic imine (C=N–C) groups is 1. The van der Waals surface area contributed by atoms with Gasteiger partial charge in [0.05, 0.1) is 13.2 Å². The third-order valence-electron chi connectivity index (χ3n) is 3.62. The Kier molecular flexibility index (Phi) is 13.9. The molecule has 1 aliphatic heterocycles. The summed E-state index contributed by atoms with van der Waals surface area (Å²) in [7, 11) is 0. The molecule has 0 aliphatic carbocycles. The number of nitrogens with zero attached hydrogens (tertiary/aromatic N) is 2. The van der Waals surface area contributed by atoms with Gasteiger partial charge in [0.25, 0.3) is 0 Å². The smallest absolute Gasteiger partial charge is 0.191 e. The number of morpholine rings is 1. The second-order valence-electron chi connectivity index (χ2n) is 5.31. The van der Waals surface area contributed by atoms with E-state index < -0.39 is 0 Å². The van der Waals surface area contributed by atoms with E-state index >= 15 is 0 Å². The maximum absolute atomic E-state index is 5.96. The van der Waals surface area contributed by atoms with Crippen LogP contribution in [-0.4, -0.2) is 43.7 Å². The highest BCUT2D eigenvalue weighted by Gasteiger charge is 2.11. The highest BCUT2D eigenvalue weighted by atomic mass is 127. The van der Waals surface area contributed by atoms with Gasteiger partial charge in [0.2, 0.25) is 0 Å². The van der Waals surface area contributed by atoms with E-state index in [0.717, 1.165) is 32.8 Å². The molecular formula is C15H32IN3O. The zero-order valence-electron chi connectivity index (χ0n) is 13.0. The normalized spacial score (nSPS) is 16.1. The summed E-state index contributed by atoms with van der Waals surface area (Å²) in [6.07, 6.45) is 10.7. The van der Waals surface area contributed by atoms with Crippen LogP contribution in [0.3, 0.4) is 0 Å². The van der Waals surface area contributed by atoms with E-state index in [9.17, 15) is 0 Å². The van der Waals surface area contributed by atoms with Gasteiger partial charge in [-0.15, -0.1) is 24.0 Å². The van der Waals surface area contributed by atoms with Crippen molar-refractivity contribution in [2.75, 3.05) is 32.8 Å². The highest BCUT2D eigenvalue weighted by molar-refractivity contribution is 14.0. The molecule has 1 saturated heterocycles. The van der Waals surface area contributed by atoms with E-state index in [2.05, 4.69) is 16.8 Å². The maximum atomic E-state index is 5.96. The van der Waals surface area contributed by atoms with Crippen molar-refractivity contribution >= 4 is 29.9 Å². The first-order valence-electron chi connectivity index (χ1n) is 7.97. The van der Waals surface area contributed by atoms with E-state index in [4.69, 9.17) is 10.5 Å². The Hall–Kier alpha value is -0.0400. The van der Waals surface area contributed by atoms with Crippen LogP contribution in [0.25, 0.3) is 0 Å². The molecule has 0 aromatic carbocycles. The van der Waals surface area contributed by atoms with Gasteiger partial charge in [0, 0.05) is 19.6 Å². The summed E-state index contributed by atoms with van der Waals surface area (Å²) in [6.45, 7) is 6.44. The predicted molar refractivity (Wildman–Crippen MR) is 96.9 cm³/mol. The summed E-state index contributed by atoms with van der Waals surface area (Å²) >= 11 is 0. The minimum Gasteiger partial charge on any atom is -0.378 e. The molecule has 1 aliphatic rings. The number of guanidine groups is 1. The van der Waals surface area contributed by atoms with Gasteiger partial charge in [0.15, 0.2) is 5.96 Å². The highest BCUT2D eigenvalue weighted by Crippen LogP contribution is 2.08. The Morgan fingerprint density at radius 2 is 1.55 bits per heavy atom. The molecule has 4 nitrogen and oxygen atoms in total. The number of unbranched alkanes of at least 4 members (excludes halogenated alkanes) is 7. The predicted octanol–water partition coefficient (Wildman–Crippen LogP) is 3.39. The first-order valence-corrected chi connectivity index (χ1v) is 7.97. The summed E-state index contributed by atoms with van der Waals surface area (Å²) in [6, 6.07) is 0. The fraction of sp³-hybridized carbons (Fsp3) is 0.933. The number of hydrogen-bond donors (Lipinski definition) is 1. The largest absolute Gasteiger partial charge is 0.378 e. The van der Waals surface area contributed by atoms with Gasteiger partial charge in [-0.2, -0.15) is 0 Å². The number of rotatable bonds is 9.